The van der Waals surface area contributed by atoms with Crippen molar-refractivity contribution in [3.05, 3.63) is 149 Å². The summed E-state index contributed by atoms with van der Waals surface area (Å²) in [7, 11) is -2.83. The number of rotatable bonds is 24. The Labute approximate surface area is 303 Å². The zero-order valence-corrected chi connectivity index (χ0v) is 34.4. The molecule has 0 aliphatic heterocycles. The molecule has 260 valence electrons. The number of hydrogen-bond donors (Lipinski definition) is 0. The maximum absolute atomic E-state index is 6.49. The second-order valence-electron chi connectivity index (χ2n) is 13.5. The molecule has 0 saturated heterocycles. The summed E-state index contributed by atoms with van der Waals surface area (Å²) in [5, 5.41) is 3.76. The largest absolute Gasteiger partial charge is 0.413 e. The topological polar surface area (TPSA) is 30.9 Å². The lowest BCUT2D eigenvalue weighted by Gasteiger charge is -2.29. The van der Waals surface area contributed by atoms with Crippen LogP contribution in [-0.2, 0) is 13.3 Å². The minimum absolute atomic E-state index is 0.256. The molecule has 3 aromatic carbocycles. The van der Waals surface area contributed by atoms with Crippen molar-refractivity contribution in [1.29, 1.82) is 0 Å². The molecule has 0 saturated carbocycles. The van der Waals surface area contributed by atoms with Crippen molar-refractivity contribution in [2.45, 2.75) is 76.1 Å². The molecule has 0 atom stereocenters. The highest BCUT2D eigenvalue weighted by Crippen LogP contribution is 2.33. The second kappa shape index (κ2) is 19.6. The summed E-state index contributed by atoms with van der Waals surface area (Å²) in [5.41, 5.74) is 2.51. The molecule has 7 heteroatoms. The zero-order valence-electron chi connectivity index (χ0n) is 30.2. The first kappa shape index (κ1) is 39.9. The minimum atomic E-state index is -0.942. The van der Waals surface area contributed by atoms with Gasteiger partial charge in [-0.25, -0.2) is 0 Å². The predicted molar refractivity (Wildman–Crippen MR) is 223 cm³/mol. The van der Waals surface area contributed by atoms with Crippen LogP contribution in [0, 0.1) is 0 Å². The quantitative estimate of drug-likeness (QED) is 0.0737. The third-order valence-electron chi connectivity index (χ3n) is 8.80. The Balaban J connectivity index is 1.88. The third-order valence-corrected chi connectivity index (χ3v) is 13.7. The van der Waals surface area contributed by atoms with E-state index in [2.05, 4.69) is 138 Å². The number of nitrogens with zero attached hydrogens (tertiary/aromatic N) is 1. The fourth-order valence-corrected chi connectivity index (χ4v) is 9.42. The van der Waals surface area contributed by atoms with Gasteiger partial charge in [0.05, 0.1) is 16.8 Å². The fraction of sp³-hybridized carbons (Fsp3) is 0.286. The maximum atomic E-state index is 6.49. The fourth-order valence-electron chi connectivity index (χ4n) is 5.88. The van der Waals surface area contributed by atoms with Crippen molar-refractivity contribution in [2.24, 2.45) is 0 Å². The van der Waals surface area contributed by atoms with Gasteiger partial charge in [0.15, 0.2) is 29.3 Å². The molecule has 0 unspecified atom stereocenters. The minimum Gasteiger partial charge on any atom is -0.413 e. The van der Waals surface area contributed by atoms with Crippen LogP contribution in [0.4, 0.5) is 17.1 Å². The van der Waals surface area contributed by atoms with Crippen LogP contribution in [0.5, 0.6) is 0 Å². The van der Waals surface area contributed by atoms with Crippen LogP contribution in [0.3, 0.4) is 0 Å². The van der Waals surface area contributed by atoms with Gasteiger partial charge in [0.2, 0.25) is 0 Å². The monoisotopic (exact) mass is 707 g/mol. The van der Waals surface area contributed by atoms with E-state index in [-0.39, 0.29) is 16.8 Å². The summed E-state index contributed by atoms with van der Waals surface area (Å²) in [6, 6.07) is 26.5. The normalized spacial score (nSPS) is 12.6. The lowest BCUT2D eigenvalue weighted by atomic mass is 9.99. The SMILES string of the molecule is C=CCC(C)(CC=C)O[SiH2]c1ccc(N(c2ccc([SiH2]OC(C)(CC=C)CC=C)cc2)c2ccc([SiH2]OC(C)(CC=C)CC=C)cc2)cc1. The van der Waals surface area contributed by atoms with Crippen LogP contribution in [0.1, 0.15) is 59.3 Å². The Hall–Kier alpha value is -3.57. The van der Waals surface area contributed by atoms with E-state index >= 15 is 0 Å². The van der Waals surface area contributed by atoms with Crippen molar-refractivity contribution in [3.8, 4) is 0 Å². The molecule has 0 heterocycles. The molecule has 0 amide bonds. The summed E-state index contributed by atoms with van der Waals surface area (Å²) < 4.78 is 19.5. The van der Waals surface area contributed by atoms with Gasteiger partial charge in [-0.3, -0.25) is 0 Å². The van der Waals surface area contributed by atoms with Crippen LogP contribution < -0.4 is 20.5 Å². The average Bonchev–Trinajstić information content (AvgIpc) is 3.08. The van der Waals surface area contributed by atoms with E-state index in [0.717, 1.165) is 55.6 Å². The standard InChI is InChI=1S/C42H57NO3Si3/c1-10-28-40(7,29-11-2)44-47-37-22-16-34(17-23-37)43(35-18-24-38(25-19-35)48-45-41(8,30-12-3)31-13-4)36-20-26-39(27-21-36)49-46-42(9,32-14-5)33-15-6/h10-27H,1-6,28-33,47-49H2,7-9H3. The molecule has 3 aromatic rings. The molecule has 4 nitrogen and oxygen atoms in total. The highest BCUT2D eigenvalue weighted by molar-refractivity contribution is 6.47. The van der Waals surface area contributed by atoms with Gasteiger partial charge >= 0.3 is 0 Å². The van der Waals surface area contributed by atoms with Gasteiger partial charge in [0.25, 0.3) is 0 Å². The Kier molecular flexibility index (Phi) is 15.9. The second-order valence-corrected chi connectivity index (χ2v) is 17.7. The Morgan fingerprint density at radius 2 is 0.633 bits per heavy atom. The lowest BCUT2D eigenvalue weighted by molar-refractivity contribution is 0.104. The number of benzene rings is 3. The van der Waals surface area contributed by atoms with Crippen LogP contribution in [0.25, 0.3) is 0 Å². The predicted octanol–water partition coefficient (Wildman–Crippen LogP) is 7.07. The van der Waals surface area contributed by atoms with E-state index in [4.69, 9.17) is 13.3 Å². The first-order valence-corrected chi connectivity index (χ1v) is 21.0. The van der Waals surface area contributed by atoms with Crippen molar-refractivity contribution < 1.29 is 13.3 Å². The smallest absolute Gasteiger partial charge is 0.193 e. The Morgan fingerprint density at radius 1 is 0.429 bits per heavy atom. The highest BCUT2D eigenvalue weighted by Gasteiger charge is 2.24. The van der Waals surface area contributed by atoms with Crippen molar-refractivity contribution in [1.82, 2.24) is 0 Å². The molecule has 0 N–H and O–H groups in total. The van der Waals surface area contributed by atoms with E-state index < -0.39 is 29.3 Å². The van der Waals surface area contributed by atoms with E-state index in [0.29, 0.717) is 0 Å². The number of hydrogen-bond acceptors (Lipinski definition) is 4. The molecule has 3 rings (SSSR count). The average molecular weight is 708 g/mol. The molecule has 49 heavy (non-hydrogen) atoms. The van der Waals surface area contributed by atoms with Gasteiger partial charge in [-0.05, 0) is 111 Å². The molecule has 0 spiro atoms. The van der Waals surface area contributed by atoms with Crippen molar-refractivity contribution in [3.63, 3.8) is 0 Å². The summed E-state index contributed by atoms with van der Waals surface area (Å²) >= 11 is 0. The van der Waals surface area contributed by atoms with E-state index in [1.807, 2.05) is 36.5 Å². The zero-order chi connectivity index (χ0) is 35.8. The van der Waals surface area contributed by atoms with Gasteiger partial charge in [0.1, 0.15) is 0 Å². The van der Waals surface area contributed by atoms with Gasteiger partial charge in [-0.1, -0.05) is 72.9 Å². The van der Waals surface area contributed by atoms with Crippen LogP contribution in [0.2, 0.25) is 0 Å². The maximum Gasteiger partial charge on any atom is 0.193 e. The Bertz CT molecular complexity index is 1300. The summed E-state index contributed by atoms with van der Waals surface area (Å²) in [5.74, 6) is 0. The summed E-state index contributed by atoms with van der Waals surface area (Å²) in [4.78, 5) is 2.31. The van der Waals surface area contributed by atoms with Crippen molar-refractivity contribution >= 4 is 61.9 Å². The third kappa shape index (κ3) is 12.4. The molecular weight excluding hydrogens is 651 g/mol. The molecule has 0 fully saturated rings. The number of anilines is 3. The Morgan fingerprint density at radius 3 is 0.816 bits per heavy atom. The van der Waals surface area contributed by atoms with Gasteiger partial charge in [-0.15, -0.1) is 39.5 Å². The van der Waals surface area contributed by atoms with Crippen LogP contribution in [0.15, 0.2) is 149 Å². The highest BCUT2D eigenvalue weighted by atomic mass is 28.2. The van der Waals surface area contributed by atoms with Crippen molar-refractivity contribution in [2.75, 3.05) is 4.90 Å². The van der Waals surface area contributed by atoms with Gasteiger partial charge < -0.3 is 18.2 Å². The van der Waals surface area contributed by atoms with Crippen LogP contribution >= 0.6 is 0 Å². The van der Waals surface area contributed by atoms with Crippen LogP contribution in [-0.4, -0.2) is 46.1 Å². The van der Waals surface area contributed by atoms with E-state index in [1.165, 1.54) is 15.6 Å². The first-order valence-electron chi connectivity index (χ1n) is 17.2. The molecule has 0 bridgehead atoms. The molecule has 0 radical (unpaired) electrons. The molecule has 0 aromatic heterocycles. The van der Waals surface area contributed by atoms with E-state index in [1.54, 1.807) is 0 Å². The molecule has 0 aliphatic carbocycles. The van der Waals surface area contributed by atoms with E-state index in [9.17, 15) is 0 Å². The summed E-state index contributed by atoms with van der Waals surface area (Å²) in [6.45, 7) is 30.0. The van der Waals surface area contributed by atoms with Gasteiger partial charge in [-0.2, -0.15) is 0 Å². The molecule has 0 aliphatic rings. The first-order chi connectivity index (χ1) is 23.5. The molecular formula is C42H57NO3Si3. The summed E-state index contributed by atoms with van der Waals surface area (Å²) in [6.07, 6.45) is 16.4. The van der Waals surface area contributed by atoms with Gasteiger partial charge in [0, 0.05) is 17.1 Å². The lowest BCUT2D eigenvalue weighted by Crippen LogP contribution is -2.33.